The maximum atomic E-state index is 8.85. The molecule has 0 N–H and O–H groups in total. The van der Waals surface area contributed by atoms with E-state index in [4.69, 9.17) is 14.7 Å². The van der Waals surface area contributed by atoms with E-state index in [2.05, 4.69) is 6.07 Å². The van der Waals surface area contributed by atoms with Crippen LogP contribution in [-0.4, -0.2) is 18.5 Å². The monoisotopic (exact) mass is 209 g/mol. The van der Waals surface area contributed by atoms with Gasteiger partial charge in [-0.1, -0.05) is 12.8 Å². The second-order valence-electron chi connectivity index (χ2n) is 4.64. The van der Waals surface area contributed by atoms with Crippen LogP contribution in [0.2, 0.25) is 0 Å². The van der Waals surface area contributed by atoms with Crippen LogP contribution in [0.3, 0.4) is 0 Å². The summed E-state index contributed by atoms with van der Waals surface area (Å²) in [5.74, 6) is 0. The third kappa shape index (κ3) is 2.70. The summed E-state index contributed by atoms with van der Waals surface area (Å²) in [5.41, 5.74) is -0.184. The normalized spacial score (nSPS) is 29.9. The van der Waals surface area contributed by atoms with Crippen molar-refractivity contribution in [2.24, 2.45) is 0 Å². The lowest BCUT2D eigenvalue weighted by molar-refractivity contribution is -0.222. The van der Waals surface area contributed by atoms with Crippen molar-refractivity contribution < 1.29 is 9.47 Å². The number of ether oxygens (including phenoxy) is 2. The van der Waals surface area contributed by atoms with E-state index in [1.807, 2.05) is 0 Å². The molecule has 1 saturated carbocycles. The van der Waals surface area contributed by atoms with E-state index >= 15 is 0 Å². The van der Waals surface area contributed by atoms with Crippen molar-refractivity contribution in [3.8, 4) is 6.07 Å². The molecule has 0 amide bonds. The highest BCUT2D eigenvalue weighted by atomic mass is 16.7. The fourth-order valence-corrected chi connectivity index (χ4v) is 2.58. The van der Waals surface area contributed by atoms with Crippen molar-refractivity contribution in [2.45, 2.75) is 63.3 Å². The van der Waals surface area contributed by atoms with Gasteiger partial charge in [0, 0.05) is 6.61 Å². The molecule has 3 nitrogen and oxygen atoms in total. The lowest BCUT2D eigenvalue weighted by Gasteiger charge is -2.33. The third-order valence-electron chi connectivity index (χ3n) is 3.44. The van der Waals surface area contributed by atoms with Crippen LogP contribution in [0.4, 0.5) is 0 Å². The van der Waals surface area contributed by atoms with E-state index in [0.29, 0.717) is 6.42 Å². The van der Waals surface area contributed by atoms with Crippen LogP contribution in [0, 0.1) is 11.3 Å². The first-order valence-corrected chi connectivity index (χ1v) is 6.01. The quantitative estimate of drug-likeness (QED) is 0.717. The van der Waals surface area contributed by atoms with Gasteiger partial charge in [0.1, 0.15) is 0 Å². The van der Waals surface area contributed by atoms with E-state index in [0.717, 1.165) is 32.3 Å². The minimum absolute atomic E-state index is 0.0507. The summed E-state index contributed by atoms with van der Waals surface area (Å²) in [5, 5.41) is 8.85. The summed E-state index contributed by atoms with van der Waals surface area (Å²) in [4.78, 5) is 0. The van der Waals surface area contributed by atoms with Gasteiger partial charge in [-0.05, 0) is 32.1 Å². The molecule has 0 radical (unpaired) electrons. The number of nitrogens with zero attached hydrogens (tertiary/aromatic N) is 1. The first-order chi connectivity index (χ1) is 7.35. The fraction of sp³-hybridized carbons (Fsp3) is 0.917. The Balaban J connectivity index is 1.91. The fourth-order valence-electron chi connectivity index (χ4n) is 2.58. The molecule has 1 aliphatic carbocycles. The van der Waals surface area contributed by atoms with Crippen LogP contribution in [0.5, 0.6) is 0 Å². The third-order valence-corrected chi connectivity index (χ3v) is 3.44. The van der Waals surface area contributed by atoms with Crippen LogP contribution >= 0.6 is 0 Å². The molecule has 1 heterocycles. The van der Waals surface area contributed by atoms with E-state index in [1.54, 1.807) is 0 Å². The van der Waals surface area contributed by atoms with Crippen LogP contribution < -0.4 is 0 Å². The molecule has 0 spiro atoms. The SMILES string of the molecule is N#CCC1(OC2CCCCO2)CCCC1. The van der Waals surface area contributed by atoms with Gasteiger partial charge >= 0.3 is 0 Å². The van der Waals surface area contributed by atoms with Crippen molar-refractivity contribution >= 4 is 0 Å². The highest BCUT2D eigenvalue weighted by Crippen LogP contribution is 2.38. The molecule has 15 heavy (non-hydrogen) atoms. The first kappa shape index (κ1) is 10.9. The molecule has 1 atom stereocenters. The molecule has 0 bridgehead atoms. The molecule has 84 valence electrons. The van der Waals surface area contributed by atoms with E-state index in [9.17, 15) is 0 Å². The average Bonchev–Trinajstić information content (AvgIpc) is 2.69. The summed E-state index contributed by atoms with van der Waals surface area (Å²) in [6.45, 7) is 0.813. The van der Waals surface area contributed by atoms with Crippen molar-refractivity contribution in [2.75, 3.05) is 6.61 Å². The van der Waals surface area contributed by atoms with Crippen molar-refractivity contribution in [1.82, 2.24) is 0 Å². The van der Waals surface area contributed by atoms with Crippen molar-refractivity contribution in [3.05, 3.63) is 0 Å². The van der Waals surface area contributed by atoms with Gasteiger partial charge < -0.3 is 9.47 Å². The summed E-state index contributed by atoms with van der Waals surface area (Å²) in [6.07, 6.45) is 8.23. The summed E-state index contributed by atoms with van der Waals surface area (Å²) >= 11 is 0. The second-order valence-corrected chi connectivity index (χ2v) is 4.64. The van der Waals surface area contributed by atoms with Gasteiger partial charge in [-0.15, -0.1) is 0 Å². The van der Waals surface area contributed by atoms with Crippen LogP contribution in [0.1, 0.15) is 51.4 Å². The minimum atomic E-state index is -0.184. The Morgan fingerprint density at radius 3 is 2.67 bits per heavy atom. The first-order valence-electron chi connectivity index (χ1n) is 6.01. The van der Waals surface area contributed by atoms with E-state index < -0.39 is 0 Å². The molecule has 1 saturated heterocycles. The van der Waals surface area contributed by atoms with Crippen molar-refractivity contribution in [3.63, 3.8) is 0 Å². The van der Waals surface area contributed by atoms with Crippen molar-refractivity contribution in [1.29, 1.82) is 5.26 Å². The zero-order valence-corrected chi connectivity index (χ0v) is 9.21. The summed E-state index contributed by atoms with van der Waals surface area (Å²) < 4.78 is 11.6. The Hall–Kier alpha value is -0.590. The summed E-state index contributed by atoms with van der Waals surface area (Å²) in [7, 11) is 0. The molecule has 1 unspecified atom stereocenters. The Morgan fingerprint density at radius 1 is 1.27 bits per heavy atom. The van der Waals surface area contributed by atoms with Crippen LogP contribution in [0.25, 0.3) is 0 Å². The van der Waals surface area contributed by atoms with Gasteiger partial charge in [-0.25, -0.2) is 0 Å². The molecule has 0 aromatic rings. The van der Waals surface area contributed by atoms with Gasteiger partial charge in [0.15, 0.2) is 6.29 Å². The van der Waals surface area contributed by atoms with Gasteiger partial charge in [-0.2, -0.15) is 5.26 Å². The summed E-state index contributed by atoms with van der Waals surface area (Å²) in [6, 6.07) is 2.26. The largest absolute Gasteiger partial charge is 0.353 e. The molecule has 0 aromatic heterocycles. The van der Waals surface area contributed by atoms with Gasteiger partial charge in [0.05, 0.1) is 18.1 Å². The van der Waals surface area contributed by atoms with E-state index in [-0.39, 0.29) is 11.9 Å². The zero-order chi connectivity index (χ0) is 10.6. The lowest BCUT2D eigenvalue weighted by atomic mass is 9.98. The maximum Gasteiger partial charge on any atom is 0.158 e. The Labute approximate surface area is 91.4 Å². The molecule has 3 heteroatoms. The molecular weight excluding hydrogens is 190 g/mol. The van der Waals surface area contributed by atoms with Gasteiger partial charge in [-0.3, -0.25) is 0 Å². The minimum Gasteiger partial charge on any atom is -0.353 e. The maximum absolute atomic E-state index is 8.85. The van der Waals surface area contributed by atoms with Crippen LogP contribution in [-0.2, 0) is 9.47 Å². The zero-order valence-electron chi connectivity index (χ0n) is 9.21. The Bertz CT molecular complexity index is 234. The predicted molar refractivity (Wildman–Crippen MR) is 56.1 cm³/mol. The molecule has 2 rings (SSSR count). The number of hydrogen-bond acceptors (Lipinski definition) is 3. The topological polar surface area (TPSA) is 42.2 Å². The molecule has 1 aliphatic heterocycles. The van der Waals surface area contributed by atoms with Gasteiger partial charge in [0.2, 0.25) is 0 Å². The smallest absolute Gasteiger partial charge is 0.158 e. The number of hydrogen-bond donors (Lipinski definition) is 0. The second kappa shape index (κ2) is 4.96. The molecule has 2 fully saturated rings. The van der Waals surface area contributed by atoms with E-state index in [1.165, 1.54) is 19.3 Å². The predicted octanol–water partition coefficient (Wildman–Crippen LogP) is 2.76. The number of nitriles is 1. The molecule has 0 aromatic carbocycles. The van der Waals surface area contributed by atoms with Crippen LogP contribution in [0.15, 0.2) is 0 Å². The standard InChI is InChI=1S/C12H19NO2/c13-9-8-12(6-2-3-7-12)15-11-5-1-4-10-14-11/h11H,1-8,10H2. The number of rotatable bonds is 3. The lowest BCUT2D eigenvalue weighted by Crippen LogP contribution is -2.36. The molecular formula is C12H19NO2. The van der Waals surface area contributed by atoms with Gasteiger partial charge in [0.25, 0.3) is 0 Å². The Kier molecular flexibility index (Phi) is 3.61. The highest BCUT2D eigenvalue weighted by molar-refractivity contribution is 4.94. The Morgan fingerprint density at radius 2 is 2.07 bits per heavy atom. The highest BCUT2D eigenvalue weighted by Gasteiger charge is 2.37. The average molecular weight is 209 g/mol. The molecule has 2 aliphatic rings.